The summed E-state index contributed by atoms with van der Waals surface area (Å²) >= 11 is 0. The first kappa shape index (κ1) is 16.1. The van der Waals surface area contributed by atoms with Crippen LogP contribution in [-0.4, -0.2) is 21.9 Å². The Morgan fingerprint density at radius 1 is 1.21 bits per heavy atom. The van der Waals surface area contributed by atoms with Gasteiger partial charge < -0.3 is 4.74 Å². The van der Waals surface area contributed by atoms with Crippen molar-refractivity contribution in [2.24, 2.45) is 5.41 Å². The van der Waals surface area contributed by atoms with E-state index in [4.69, 9.17) is 4.74 Å². The van der Waals surface area contributed by atoms with E-state index in [0.29, 0.717) is 17.7 Å². The fraction of sp³-hybridized carbons (Fsp3) is 0.438. The summed E-state index contributed by atoms with van der Waals surface area (Å²) in [5.41, 5.74) is 0.141. The van der Waals surface area contributed by atoms with Crippen molar-refractivity contribution in [2.45, 2.75) is 38.8 Å². The molecule has 1 aromatic rings. The molecule has 8 heteroatoms. The molecule has 8 nitrogen and oxygen atoms in total. The third-order valence-electron chi connectivity index (χ3n) is 4.39. The Bertz CT molecular complexity index is 783. The number of rotatable bonds is 3. The van der Waals surface area contributed by atoms with Crippen molar-refractivity contribution in [3.8, 4) is 0 Å². The van der Waals surface area contributed by atoms with Gasteiger partial charge in [0, 0.05) is 25.0 Å². The summed E-state index contributed by atoms with van der Waals surface area (Å²) in [6.07, 6.45) is -0.732. The molecule has 2 atom stereocenters. The minimum atomic E-state index is -1.44. The van der Waals surface area contributed by atoms with Gasteiger partial charge in [-0.15, -0.1) is 0 Å². The van der Waals surface area contributed by atoms with Gasteiger partial charge in [-0.2, -0.15) is 0 Å². The van der Waals surface area contributed by atoms with Gasteiger partial charge in [-0.25, -0.2) is 0 Å². The van der Waals surface area contributed by atoms with Gasteiger partial charge in [0.05, 0.1) is 15.4 Å². The van der Waals surface area contributed by atoms with Crippen LogP contribution >= 0.6 is 0 Å². The van der Waals surface area contributed by atoms with Crippen molar-refractivity contribution >= 4 is 11.5 Å². The molecule has 0 saturated carbocycles. The lowest BCUT2D eigenvalue weighted by atomic mass is 9.73. The van der Waals surface area contributed by atoms with Gasteiger partial charge in [0.1, 0.15) is 11.7 Å². The second kappa shape index (κ2) is 5.40. The van der Waals surface area contributed by atoms with Gasteiger partial charge in [-0.1, -0.05) is 26.0 Å². The number of ether oxygens (including phenoxy) is 1. The number of Topliss-reactive ketones (excluding diaryl/α,β-unsaturated/α-hetero) is 1. The highest BCUT2D eigenvalue weighted by Crippen LogP contribution is 2.49. The predicted octanol–water partition coefficient (Wildman–Crippen LogP) is 2.95. The molecule has 3 rings (SSSR count). The molecule has 0 N–H and O–H groups in total. The fourth-order valence-electron chi connectivity index (χ4n) is 3.41. The molecule has 0 radical (unpaired) electrons. The molecule has 1 aliphatic heterocycles. The quantitative estimate of drug-likeness (QED) is 0.621. The molecule has 1 heterocycles. The molecule has 0 saturated heterocycles. The molecule has 0 spiro atoms. The lowest BCUT2D eigenvalue weighted by Gasteiger charge is -2.28. The Labute approximate surface area is 137 Å². The zero-order chi connectivity index (χ0) is 17.6. The molecule has 126 valence electrons. The number of allylic oxidation sites excluding steroid dienone is 1. The van der Waals surface area contributed by atoms with Crippen LogP contribution in [0, 0.1) is 25.6 Å². The maximum absolute atomic E-state index is 12.6. The number of hydrogen-bond acceptors (Lipinski definition) is 6. The molecule has 24 heavy (non-hydrogen) atoms. The van der Waals surface area contributed by atoms with Crippen molar-refractivity contribution in [3.05, 3.63) is 61.4 Å². The van der Waals surface area contributed by atoms with Crippen LogP contribution in [0.3, 0.4) is 0 Å². The molecule has 0 amide bonds. The van der Waals surface area contributed by atoms with Gasteiger partial charge in [0.15, 0.2) is 5.78 Å². The number of hydrogen-bond donors (Lipinski definition) is 0. The van der Waals surface area contributed by atoms with Crippen LogP contribution in [0.5, 0.6) is 0 Å². The van der Waals surface area contributed by atoms with Crippen molar-refractivity contribution in [1.82, 2.24) is 0 Å². The molecule has 0 bridgehead atoms. The molecule has 0 unspecified atom stereocenters. The molecule has 1 aromatic carbocycles. The average molecular weight is 332 g/mol. The Morgan fingerprint density at radius 2 is 1.92 bits per heavy atom. The second-order valence-corrected chi connectivity index (χ2v) is 6.90. The first-order chi connectivity index (χ1) is 11.2. The number of nitro benzene ring substituents is 1. The van der Waals surface area contributed by atoms with E-state index in [-0.39, 0.29) is 28.9 Å². The van der Waals surface area contributed by atoms with Crippen LogP contribution in [0.15, 0.2) is 35.6 Å². The molecule has 2 aliphatic rings. The van der Waals surface area contributed by atoms with Gasteiger partial charge >= 0.3 is 6.23 Å². The predicted molar refractivity (Wildman–Crippen MR) is 82.8 cm³/mol. The first-order valence-electron chi connectivity index (χ1n) is 7.50. The summed E-state index contributed by atoms with van der Waals surface area (Å²) in [5, 5.41) is 22.4. The zero-order valence-electron chi connectivity index (χ0n) is 13.2. The summed E-state index contributed by atoms with van der Waals surface area (Å²) in [6, 6.07) is 5.59. The summed E-state index contributed by atoms with van der Waals surface area (Å²) in [4.78, 5) is 33.8. The lowest BCUT2D eigenvalue weighted by molar-refractivity contribution is -0.570. The standard InChI is InChI=1S/C16H16N2O6/c1-16(2)7-11(19)14-12(8-16)24-15(18(22)23)13(14)9-4-3-5-10(6-9)17(20)21/h3-6,13,15H,7-8H2,1-2H3/t13-,15-/m1/s1. The van der Waals surface area contributed by atoms with Crippen molar-refractivity contribution < 1.29 is 19.4 Å². The average Bonchev–Trinajstić information content (AvgIpc) is 2.85. The maximum Gasteiger partial charge on any atom is 0.364 e. The van der Waals surface area contributed by atoms with Crippen LogP contribution in [0.1, 0.15) is 38.2 Å². The normalized spacial score (nSPS) is 25.2. The number of ketones is 1. The summed E-state index contributed by atoms with van der Waals surface area (Å²) in [7, 11) is 0. The van der Waals surface area contributed by atoms with E-state index < -0.39 is 22.0 Å². The molecule has 0 aromatic heterocycles. The zero-order valence-corrected chi connectivity index (χ0v) is 13.2. The maximum atomic E-state index is 12.6. The summed E-state index contributed by atoms with van der Waals surface area (Å²) in [6.45, 7) is 3.81. The monoisotopic (exact) mass is 332 g/mol. The van der Waals surface area contributed by atoms with E-state index in [9.17, 15) is 25.0 Å². The van der Waals surface area contributed by atoms with Crippen LogP contribution in [0.4, 0.5) is 5.69 Å². The minimum Gasteiger partial charge on any atom is -0.433 e. The second-order valence-electron chi connectivity index (χ2n) is 6.90. The lowest BCUT2D eigenvalue weighted by Crippen LogP contribution is -2.28. The van der Waals surface area contributed by atoms with Gasteiger partial charge in [0.2, 0.25) is 0 Å². The summed E-state index contributed by atoms with van der Waals surface area (Å²) < 4.78 is 5.49. The largest absolute Gasteiger partial charge is 0.433 e. The van der Waals surface area contributed by atoms with Crippen molar-refractivity contribution in [1.29, 1.82) is 0 Å². The van der Waals surface area contributed by atoms with E-state index in [1.54, 1.807) is 6.07 Å². The Balaban J connectivity index is 2.10. The Kier molecular flexibility index (Phi) is 3.62. The van der Waals surface area contributed by atoms with E-state index in [2.05, 4.69) is 0 Å². The van der Waals surface area contributed by atoms with E-state index in [0.717, 1.165) is 0 Å². The number of carbonyl (C=O) groups excluding carboxylic acids is 1. The SMILES string of the molecule is CC1(C)CC(=O)C2=C(C1)O[C@@H]([N+](=O)[O-])[C@@H]2c1cccc([N+](=O)[O-])c1. The molecular weight excluding hydrogens is 316 g/mol. The van der Waals surface area contributed by atoms with Gasteiger partial charge in [-0.05, 0) is 11.0 Å². The number of carbonyl (C=O) groups is 1. The molecule has 1 aliphatic carbocycles. The topological polar surface area (TPSA) is 113 Å². The highest BCUT2D eigenvalue weighted by Gasteiger charge is 2.51. The number of nitrogens with zero attached hydrogens (tertiary/aromatic N) is 2. The smallest absolute Gasteiger partial charge is 0.364 e. The molecular formula is C16H16N2O6. The van der Waals surface area contributed by atoms with Gasteiger partial charge in [0.25, 0.3) is 5.69 Å². The highest BCUT2D eigenvalue weighted by molar-refractivity contribution is 5.99. The fourth-order valence-corrected chi connectivity index (χ4v) is 3.41. The van der Waals surface area contributed by atoms with E-state index in [1.807, 2.05) is 13.8 Å². The van der Waals surface area contributed by atoms with Gasteiger partial charge in [-0.3, -0.25) is 25.0 Å². The highest BCUT2D eigenvalue weighted by atomic mass is 16.7. The van der Waals surface area contributed by atoms with Crippen LogP contribution in [-0.2, 0) is 9.53 Å². The minimum absolute atomic E-state index is 0.174. The number of nitro groups is 2. The third-order valence-corrected chi connectivity index (χ3v) is 4.39. The first-order valence-corrected chi connectivity index (χ1v) is 7.50. The number of non-ortho nitro benzene ring substituents is 1. The summed E-state index contributed by atoms with van der Waals surface area (Å²) in [5.74, 6) is -0.768. The van der Waals surface area contributed by atoms with E-state index in [1.165, 1.54) is 18.2 Å². The number of benzene rings is 1. The third kappa shape index (κ3) is 2.64. The Morgan fingerprint density at radius 3 is 2.54 bits per heavy atom. The van der Waals surface area contributed by atoms with E-state index >= 15 is 0 Å². The molecule has 0 fully saturated rings. The van der Waals surface area contributed by atoms with Crippen molar-refractivity contribution in [2.75, 3.05) is 0 Å². The van der Waals surface area contributed by atoms with Crippen LogP contribution in [0.25, 0.3) is 0 Å². The van der Waals surface area contributed by atoms with Crippen LogP contribution < -0.4 is 0 Å². The van der Waals surface area contributed by atoms with Crippen molar-refractivity contribution in [3.63, 3.8) is 0 Å². The Hall–Kier alpha value is -2.77. The van der Waals surface area contributed by atoms with Crippen LogP contribution in [0.2, 0.25) is 0 Å².